The molecule has 162 valence electrons. The number of piperidine rings is 1. The minimum absolute atomic E-state index is 0.0195. The summed E-state index contributed by atoms with van der Waals surface area (Å²) in [5.74, 6) is 0.853. The predicted octanol–water partition coefficient (Wildman–Crippen LogP) is 3.59. The van der Waals surface area contributed by atoms with E-state index in [0.717, 1.165) is 38.2 Å². The van der Waals surface area contributed by atoms with Crippen molar-refractivity contribution in [2.45, 2.75) is 65.7 Å². The molecule has 0 unspecified atom stereocenters. The Labute approximate surface area is 174 Å². The number of hydrogen-bond acceptors (Lipinski definition) is 5. The van der Waals surface area contributed by atoms with E-state index in [-0.39, 0.29) is 24.2 Å². The van der Waals surface area contributed by atoms with Gasteiger partial charge in [-0.3, -0.25) is 4.90 Å². The Morgan fingerprint density at radius 1 is 1.24 bits per heavy atom. The smallest absolute Gasteiger partial charge is 0.410 e. The molecule has 1 N–H and O–H groups in total. The highest BCUT2D eigenvalue weighted by molar-refractivity contribution is 5.69. The molecule has 2 fully saturated rings. The Hall–Kier alpha value is -1.79. The number of aliphatic hydroxyl groups excluding tert-OH is 1. The van der Waals surface area contributed by atoms with Crippen molar-refractivity contribution in [1.29, 1.82) is 0 Å². The minimum Gasteiger partial charge on any atom is -0.487 e. The highest BCUT2D eigenvalue weighted by Gasteiger charge is 2.35. The molecule has 0 saturated carbocycles. The van der Waals surface area contributed by atoms with Crippen molar-refractivity contribution in [3.8, 4) is 5.75 Å². The summed E-state index contributed by atoms with van der Waals surface area (Å²) >= 11 is 0. The number of rotatable bonds is 5. The number of aliphatic hydroxyl groups is 1. The van der Waals surface area contributed by atoms with Crippen LogP contribution in [0, 0.1) is 12.3 Å². The van der Waals surface area contributed by atoms with Gasteiger partial charge < -0.3 is 19.5 Å². The van der Waals surface area contributed by atoms with Gasteiger partial charge in [0.1, 0.15) is 17.5 Å². The fourth-order valence-electron chi connectivity index (χ4n) is 3.75. The number of benzene rings is 1. The number of carbonyl (C=O) groups is 1. The molecule has 0 radical (unpaired) electrons. The van der Waals surface area contributed by atoms with Gasteiger partial charge in [-0.05, 0) is 82.3 Å². The maximum absolute atomic E-state index is 12.0. The largest absolute Gasteiger partial charge is 0.487 e. The van der Waals surface area contributed by atoms with Crippen LogP contribution in [0.4, 0.5) is 4.79 Å². The highest BCUT2D eigenvalue weighted by atomic mass is 16.6. The summed E-state index contributed by atoms with van der Waals surface area (Å²) in [6, 6.07) is 6.27. The van der Waals surface area contributed by atoms with E-state index in [1.807, 2.05) is 26.8 Å². The molecule has 0 bridgehead atoms. The van der Waals surface area contributed by atoms with Crippen LogP contribution in [-0.2, 0) is 11.3 Å². The lowest BCUT2D eigenvalue weighted by atomic mass is 9.81. The van der Waals surface area contributed by atoms with Crippen molar-refractivity contribution in [3.63, 3.8) is 0 Å². The second-order valence-electron chi connectivity index (χ2n) is 9.96. The third-order valence-corrected chi connectivity index (χ3v) is 5.96. The molecule has 3 rings (SSSR count). The number of carbonyl (C=O) groups excluding carboxylic acids is 1. The molecule has 0 atom stereocenters. The summed E-state index contributed by atoms with van der Waals surface area (Å²) in [7, 11) is 0. The van der Waals surface area contributed by atoms with Gasteiger partial charge in [0.25, 0.3) is 0 Å². The average Bonchev–Trinajstić information content (AvgIpc) is 2.60. The molecule has 29 heavy (non-hydrogen) atoms. The lowest BCUT2D eigenvalue weighted by Gasteiger charge is -2.39. The number of hydrogen-bond donors (Lipinski definition) is 1. The van der Waals surface area contributed by atoms with Gasteiger partial charge in [-0.15, -0.1) is 0 Å². The summed E-state index contributed by atoms with van der Waals surface area (Å²) in [4.78, 5) is 16.2. The average molecular weight is 405 g/mol. The van der Waals surface area contributed by atoms with Crippen LogP contribution in [0.1, 0.15) is 51.7 Å². The molecule has 0 aliphatic carbocycles. The van der Waals surface area contributed by atoms with Crippen molar-refractivity contribution in [2.24, 2.45) is 5.41 Å². The van der Waals surface area contributed by atoms with Gasteiger partial charge >= 0.3 is 6.09 Å². The van der Waals surface area contributed by atoms with Gasteiger partial charge in [0.2, 0.25) is 0 Å². The highest BCUT2D eigenvalue weighted by Crippen LogP contribution is 2.31. The summed E-state index contributed by atoms with van der Waals surface area (Å²) < 4.78 is 11.4. The Morgan fingerprint density at radius 2 is 1.90 bits per heavy atom. The quantitative estimate of drug-likeness (QED) is 0.813. The fourth-order valence-corrected chi connectivity index (χ4v) is 3.75. The standard InChI is InChI=1S/C23H36N2O4/c1-17-12-19(28-20-14-25(15-20)21(27)29-22(2,3)4)7-6-18(17)13-24-10-8-23(5,16-26)9-11-24/h6-7,12,20,26H,8-11,13-16H2,1-5H3. The number of likely N-dealkylation sites (tertiary alicyclic amines) is 2. The van der Waals surface area contributed by atoms with Crippen LogP contribution in [0.2, 0.25) is 0 Å². The molecule has 1 aromatic rings. The van der Waals surface area contributed by atoms with E-state index in [4.69, 9.17) is 9.47 Å². The van der Waals surface area contributed by atoms with Crippen LogP contribution >= 0.6 is 0 Å². The molecular formula is C23H36N2O4. The molecular weight excluding hydrogens is 368 g/mol. The first-order valence-corrected chi connectivity index (χ1v) is 10.6. The second-order valence-corrected chi connectivity index (χ2v) is 9.96. The van der Waals surface area contributed by atoms with Gasteiger partial charge in [0, 0.05) is 13.2 Å². The zero-order valence-electron chi connectivity index (χ0n) is 18.5. The maximum atomic E-state index is 12.0. The molecule has 2 heterocycles. The van der Waals surface area contributed by atoms with Crippen LogP contribution in [0.3, 0.4) is 0 Å². The Bertz CT molecular complexity index is 714. The number of aryl methyl sites for hydroxylation is 1. The topological polar surface area (TPSA) is 62.2 Å². The van der Waals surface area contributed by atoms with Crippen molar-refractivity contribution < 1.29 is 19.4 Å². The SMILES string of the molecule is Cc1cc(OC2CN(C(=O)OC(C)(C)C)C2)ccc1CN1CCC(C)(CO)CC1. The molecule has 0 aromatic heterocycles. The molecule has 2 aliphatic rings. The van der Waals surface area contributed by atoms with Crippen molar-refractivity contribution >= 4 is 6.09 Å². The molecule has 1 amide bonds. The van der Waals surface area contributed by atoms with Crippen molar-refractivity contribution in [1.82, 2.24) is 9.80 Å². The van der Waals surface area contributed by atoms with Crippen LogP contribution < -0.4 is 4.74 Å². The normalized spacial score (nSPS) is 20.3. The van der Waals surface area contributed by atoms with E-state index in [9.17, 15) is 9.90 Å². The van der Waals surface area contributed by atoms with Gasteiger partial charge in [-0.2, -0.15) is 0 Å². The summed E-state index contributed by atoms with van der Waals surface area (Å²) in [6.45, 7) is 14.3. The van der Waals surface area contributed by atoms with Crippen LogP contribution in [-0.4, -0.2) is 65.5 Å². The molecule has 1 aromatic carbocycles. The summed E-state index contributed by atoms with van der Waals surface area (Å²) in [5, 5.41) is 9.53. The van der Waals surface area contributed by atoms with Crippen molar-refractivity contribution in [3.05, 3.63) is 29.3 Å². The predicted molar refractivity (Wildman–Crippen MR) is 113 cm³/mol. The van der Waals surface area contributed by atoms with E-state index in [1.54, 1.807) is 4.90 Å². The summed E-state index contributed by atoms with van der Waals surface area (Å²) in [6.07, 6.45) is 1.83. The van der Waals surface area contributed by atoms with E-state index < -0.39 is 5.60 Å². The summed E-state index contributed by atoms with van der Waals surface area (Å²) in [5.41, 5.74) is 2.15. The van der Waals surface area contributed by atoms with Gasteiger partial charge in [-0.25, -0.2) is 4.79 Å². The van der Waals surface area contributed by atoms with Crippen LogP contribution in [0.15, 0.2) is 18.2 Å². The van der Waals surface area contributed by atoms with Gasteiger partial charge in [-0.1, -0.05) is 13.0 Å². The molecule has 2 saturated heterocycles. The van der Waals surface area contributed by atoms with Gasteiger partial charge in [0.05, 0.1) is 13.1 Å². The number of nitrogens with zero attached hydrogens (tertiary/aromatic N) is 2. The first-order valence-electron chi connectivity index (χ1n) is 10.6. The monoisotopic (exact) mass is 404 g/mol. The molecule has 6 nitrogen and oxygen atoms in total. The van der Waals surface area contributed by atoms with Crippen LogP contribution in [0.25, 0.3) is 0 Å². The Morgan fingerprint density at radius 3 is 2.45 bits per heavy atom. The van der Waals surface area contributed by atoms with E-state index in [2.05, 4.69) is 30.9 Å². The first-order chi connectivity index (χ1) is 13.6. The van der Waals surface area contributed by atoms with Gasteiger partial charge in [0.15, 0.2) is 0 Å². The number of ether oxygens (including phenoxy) is 2. The van der Waals surface area contributed by atoms with Crippen molar-refractivity contribution in [2.75, 3.05) is 32.8 Å². The number of amides is 1. The maximum Gasteiger partial charge on any atom is 0.410 e. The molecule has 0 spiro atoms. The van der Waals surface area contributed by atoms with E-state index in [0.29, 0.717) is 13.1 Å². The molecule has 2 aliphatic heterocycles. The van der Waals surface area contributed by atoms with E-state index >= 15 is 0 Å². The first kappa shape index (κ1) is 21.9. The third-order valence-electron chi connectivity index (χ3n) is 5.96. The Balaban J connectivity index is 1.47. The fraction of sp³-hybridized carbons (Fsp3) is 0.696. The van der Waals surface area contributed by atoms with E-state index in [1.165, 1.54) is 11.1 Å². The zero-order chi connectivity index (χ0) is 21.2. The second kappa shape index (κ2) is 8.52. The molecule has 6 heteroatoms. The minimum atomic E-state index is -0.471. The van der Waals surface area contributed by atoms with Crippen LogP contribution in [0.5, 0.6) is 5.75 Å². The zero-order valence-corrected chi connectivity index (χ0v) is 18.5. The Kier molecular flexibility index (Phi) is 6.44. The lowest BCUT2D eigenvalue weighted by Crippen LogP contribution is -2.57. The lowest BCUT2D eigenvalue weighted by molar-refractivity contribution is -0.0221. The third kappa shape index (κ3) is 5.86.